The fourth-order valence-corrected chi connectivity index (χ4v) is 3.94. The number of amides is 3. The van der Waals surface area contributed by atoms with E-state index < -0.39 is 23.6 Å². The average molecular weight is 530 g/mol. The van der Waals surface area contributed by atoms with Gasteiger partial charge in [-0.1, -0.05) is 29.3 Å². The number of benzene rings is 1. The van der Waals surface area contributed by atoms with Gasteiger partial charge in [-0.2, -0.15) is 5.10 Å². The number of carbonyl (C=O) groups excluding carboxylic acids is 3. The maximum atomic E-state index is 12.6. The number of rotatable bonds is 7. The van der Waals surface area contributed by atoms with E-state index in [-0.39, 0.29) is 33.8 Å². The number of hydrogen-bond donors (Lipinski definition) is 4. The maximum absolute atomic E-state index is 12.6. The number of imide groups is 1. The second-order valence-electron chi connectivity index (χ2n) is 8.29. The van der Waals surface area contributed by atoms with E-state index in [1.165, 1.54) is 16.9 Å². The Bertz CT molecular complexity index is 1360. The third kappa shape index (κ3) is 5.67. The van der Waals surface area contributed by atoms with Crippen molar-refractivity contribution in [3.8, 4) is 11.4 Å². The number of pyridine rings is 1. The third-order valence-corrected chi connectivity index (χ3v) is 5.93. The van der Waals surface area contributed by atoms with E-state index in [4.69, 9.17) is 40.4 Å². The lowest BCUT2D eigenvalue weighted by molar-refractivity contribution is -0.128. The molecular formula is C24H25Cl2N7O3. The first-order valence-corrected chi connectivity index (χ1v) is 11.6. The minimum atomic E-state index is -0.724. The molecule has 0 aliphatic carbocycles. The summed E-state index contributed by atoms with van der Waals surface area (Å²) in [5, 5.41) is 7.36. The van der Waals surface area contributed by atoms with Gasteiger partial charge in [-0.05, 0) is 50.6 Å². The zero-order valence-corrected chi connectivity index (χ0v) is 21.3. The Hall–Kier alpha value is -3.89. The van der Waals surface area contributed by atoms with Crippen molar-refractivity contribution in [1.29, 1.82) is 0 Å². The zero-order valence-electron chi connectivity index (χ0n) is 19.8. The number of halogens is 2. The number of nitrogens with two attached hydrogens (primary N) is 3. The first-order valence-electron chi connectivity index (χ1n) is 10.8. The summed E-state index contributed by atoms with van der Waals surface area (Å²) >= 11 is 12.0. The third-order valence-electron chi connectivity index (χ3n) is 5.38. The molecule has 36 heavy (non-hydrogen) atoms. The van der Waals surface area contributed by atoms with E-state index in [1.54, 1.807) is 31.2 Å². The van der Waals surface area contributed by atoms with Crippen molar-refractivity contribution in [3.05, 3.63) is 69.3 Å². The second kappa shape index (κ2) is 10.8. The summed E-state index contributed by atoms with van der Waals surface area (Å²) < 4.78 is 1.49. The quantitative estimate of drug-likeness (QED) is 0.339. The van der Waals surface area contributed by atoms with E-state index in [9.17, 15) is 14.4 Å². The molecule has 3 rings (SSSR count). The van der Waals surface area contributed by atoms with Gasteiger partial charge in [0.15, 0.2) is 0 Å². The standard InChI is InChI=1S/C24H25Cl2N7O3/c1-11(2)33-22(28)20(23(29)35)21(32-33)18-7-4-13(10-30-18)12(3)24(36)31-19(34)9-17(27)15-6-5-14(25)8-16(15)26/h4-12H,27-28H2,1-3H3,(H2,29,35)(H,31,34,36). The minimum absolute atomic E-state index is 0.0745. The van der Waals surface area contributed by atoms with Gasteiger partial charge in [0.05, 0.1) is 16.6 Å². The molecule has 12 heteroatoms. The van der Waals surface area contributed by atoms with Crippen LogP contribution in [0.25, 0.3) is 17.1 Å². The average Bonchev–Trinajstić information content (AvgIpc) is 3.16. The molecule has 0 saturated carbocycles. The van der Waals surface area contributed by atoms with Crippen LogP contribution in [0.15, 0.2) is 42.6 Å². The molecule has 1 atom stereocenters. The normalized spacial score (nSPS) is 12.4. The van der Waals surface area contributed by atoms with Gasteiger partial charge in [0, 0.05) is 34.6 Å². The molecule has 0 aliphatic heterocycles. The molecule has 1 aromatic carbocycles. The largest absolute Gasteiger partial charge is 0.398 e. The summed E-state index contributed by atoms with van der Waals surface area (Å²) in [5.41, 5.74) is 19.2. The molecular weight excluding hydrogens is 505 g/mol. The molecule has 0 saturated heterocycles. The van der Waals surface area contributed by atoms with Crippen LogP contribution in [-0.2, 0) is 9.59 Å². The molecule has 7 N–H and O–H groups in total. The highest BCUT2D eigenvalue weighted by molar-refractivity contribution is 6.35. The Kier molecular flexibility index (Phi) is 8.01. The summed E-state index contributed by atoms with van der Waals surface area (Å²) in [6.07, 6.45) is 2.53. The van der Waals surface area contributed by atoms with Crippen LogP contribution in [0, 0.1) is 0 Å². The molecule has 1 unspecified atom stereocenters. The van der Waals surface area contributed by atoms with Crippen molar-refractivity contribution in [3.63, 3.8) is 0 Å². The van der Waals surface area contributed by atoms with Gasteiger partial charge in [-0.15, -0.1) is 0 Å². The predicted molar refractivity (Wildman–Crippen MR) is 139 cm³/mol. The van der Waals surface area contributed by atoms with Gasteiger partial charge < -0.3 is 17.2 Å². The van der Waals surface area contributed by atoms with Crippen LogP contribution < -0.4 is 22.5 Å². The van der Waals surface area contributed by atoms with Crippen LogP contribution in [0.3, 0.4) is 0 Å². The molecule has 3 amide bonds. The molecule has 3 aromatic rings. The molecule has 0 bridgehead atoms. The first-order chi connectivity index (χ1) is 16.9. The van der Waals surface area contributed by atoms with Crippen molar-refractivity contribution >= 4 is 52.4 Å². The second-order valence-corrected chi connectivity index (χ2v) is 9.13. The van der Waals surface area contributed by atoms with Crippen molar-refractivity contribution < 1.29 is 14.4 Å². The Morgan fingerprint density at radius 1 is 1.08 bits per heavy atom. The summed E-state index contributed by atoms with van der Waals surface area (Å²) in [6, 6.07) is 7.79. The van der Waals surface area contributed by atoms with Gasteiger partial charge in [0.1, 0.15) is 17.1 Å². The van der Waals surface area contributed by atoms with Crippen LogP contribution in [0.4, 0.5) is 5.82 Å². The highest BCUT2D eigenvalue weighted by atomic mass is 35.5. The topological polar surface area (TPSA) is 172 Å². The van der Waals surface area contributed by atoms with Crippen LogP contribution in [0.2, 0.25) is 10.0 Å². The highest BCUT2D eigenvalue weighted by Gasteiger charge is 2.24. The number of anilines is 1. The van der Waals surface area contributed by atoms with Gasteiger partial charge in [0.2, 0.25) is 5.91 Å². The molecule has 0 radical (unpaired) electrons. The summed E-state index contributed by atoms with van der Waals surface area (Å²) in [6.45, 7) is 5.34. The first kappa shape index (κ1) is 26.7. The minimum Gasteiger partial charge on any atom is -0.398 e. The van der Waals surface area contributed by atoms with Gasteiger partial charge in [-0.25, -0.2) is 4.68 Å². The Morgan fingerprint density at radius 3 is 2.33 bits per heavy atom. The van der Waals surface area contributed by atoms with Crippen LogP contribution in [0.5, 0.6) is 0 Å². The van der Waals surface area contributed by atoms with Crippen molar-refractivity contribution in [2.24, 2.45) is 11.5 Å². The monoisotopic (exact) mass is 529 g/mol. The maximum Gasteiger partial charge on any atom is 0.254 e. The summed E-state index contributed by atoms with van der Waals surface area (Å²) in [5.74, 6) is -2.57. The number of nitrogens with one attached hydrogen (secondary N) is 1. The van der Waals surface area contributed by atoms with E-state index in [1.807, 2.05) is 13.8 Å². The van der Waals surface area contributed by atoms with Crippen molar-refractivity contribution in [1.82, 2.24) is 20.1 Å². The smallest absolute Gasteiger partial charge is 0.254 e. The highest BCUT2D eigenvalue weighted by Crippen LogP contribution is 2.29. The molecule has 188 valence electrons. The van der Waals surface area contributed by atoms with Crippen molar-refractivity contribution in [2.45, 2.75) is 32.7 Å². The number of primary amides is 1. The van der Waals surface area contributed by atoms with E-state index in [2.05, 4.69) is 15.4 Å². The molecule has 2 heterocycles. The number of nitrogen functional groups attached to an aromatic ring is 1. The molecule has 2 aromatic heterocycles. The van der Waals surface area contributed by atoms with E-state index in [0.717, 1.165) is 6.08 Å². The Labute approximate surface area is 217 Å². The Morgan fingerprint density at radius 2 is 1.78 bits per heavy atom. The zero-order chi connectivity index (χ0) is 26.7. The fraction of sp³-hybridized carbons (Fsp3) is 0.208. The summed E-state index contributed by atoms with van der Waals surface area (Å²) in [4.78, 5) is 41.3. The number of nitrogens with zero attached hydrogens (tertiary/aromatic N) is 3. The summed E-state index contributed by atoms with van der Waals surface area (Å²) in [7, 11) is 0. The number of hydrogen-bond acceptors (Lipinski definition) is 7. The van der Waals surface area contributed by atoms with Crippen molar-refractivity contribution in [2.75, 3.05) is 5.73 Å². The van der Waals surface area contributed by atoms with Gasteiger partial charge >= 0.3 is 0 Å². The van der Waals surface area contributed by atoms with Crippen LogP contribution >= 0.6 is 23.2 Å². The lowest BCUT2D eigenvalue weighted by Crippen LogP contribution is -2.33. The Balaban J connectivity index is 1.76. The van der Waals surface area contributed by atoms with Crippen LogP contribution in [0.1, 0.15) is 54.2 Å². The molecule has 10 nitrogen and oxygen atoms in total. The van der Waals surface area contributed by atoms with E-state index in [0.29, 0.717) is 21.8 Å². The molecule has 0 fully saturated rings. The molecule has 0 spiro atoms. The van der Waals surface area contributed by atoms with Crippen LogP contribution in [-0.4, -0.2) is 32.5 Å². The van der Waals surface area contributed by atoms with E-state index >= 15 is 0 Å². The van der Waals surface area contributed by atoms with Gasteiger partial charge in [0.25, 0.3) is 11.8 Å². The molecule has 0 aliphatic rings. The number of carbonyl (C=O) groups is 3. The lowest BCUT2D eigenvalue weighted by Gasteiger charge is -2.11. The lowest BCUT2D eigenvalue weighted by atomic mass is 10.0. The van der Waals surface area contributed by atoms with Gasteiger partial charge in [-0.3, -0.25) is 24.7 Å². The fourth-order valence-electron chi connectivity index (χ4n) is 3.42. The SMILES string of the molecule is CC(C(=O)NC(=O)C=C(N)c1ccc(Cl)cc1Cl)c1ccc(-c2nn(C(C)C)c(N)c2C(N)=O)nc1. The predicted octanol–water partition coefficient (Wildman–Crippen LogP) is 3.26. The number of aromatic nitrogens is 3.